The first kappa shape index (κ1) is 59.3. The van der Waals surface area contributed by atoms with Gasteiger partial charge in [0.1, 0.15) is 13.2 Å². The second-order valence-electron chi connectivity index (χ2n) is 16.7. The van der Waals surface area contributed by atoms with Crippen molar-refractivity contribution in [2.75, 3.05) is 13.2 Å². The Bertz CT molecular complexity index is 1280. The third-order valence-corrected chi connectivity index (χ3v) is 10.6. The summed E-state index contributed by atoms with van der Waals surface area (Å²) >= 11 is 0. The van der Waals surface area contributed by atoms with E-state index in [9.17, 15) is 14.4 Å². The largest absolute Gasteiger partial charge is 0.462 e. The highest BCUT2D eigenvalue weighted by molar-refractivity contribution is 5.71. The van der Waals surface area contributed by atoms with Crippen LogP contribution in [0, 0.1) is 0 Å². The smallest absolute Gasteiger partial charge is 0.306 e. The number of hydrogen-bond acceptors (Lipinski definition) is 6. The Morgan fingerprint density at radius 3 is 1.06 bits per heavy atom. The second kappa shape index (κ2) is 51.0. The average molecular weight is 875 g/mol. The molecule has 1 unspecified atom stereocenters. The molecular weight excluding hydrogens is 781 g/mol. The van der Waals surface area contributed by atoms with Crippen LogP contribution < -0.4 is 0 Å². The predicted octanol–water partition coefficient (Wildman–Crippen LogP) is 17.0. The third-order valence-electron chi connectivity index (χ3n) is 10.6. The van der Waals surface area contributed by atoms with E-state index in [0.29, 0.717) is 19.3 Å². The molecule has 358 valence electrons. The maximum absolute atomic E-state index is 12.7. The highest BCUT2D eigenvalue weighted by Gasteiger charge is 2.19. The molecule has 0 aromatic heterocycles. The molecule has 6 nitrogen and oxygen atoms in total. The molecule has 0 saturated heterocycles. The molecule has 0 aliphatic rings. The van der Waals surface area contributed by atoms with E-state index in [1.165, 1.54) is 89.9 Å². The molecule has 0 aliphatic heterocycles. The van der Waals surface area contributed by atoms with Gasteiger partial charge in [-0.15, -0.1) is 0 Å². The van der Waals surface area contributed by atoms with Crippen LogP contribution in [0.25, 0.3) is 0 Å². The molecule has 0 N–H and O–H groups in total. The standard InChI is InChI=1S/C57H94O6/c1-4-7-10-13-16-19-22-25-26-27-28-29-30-33-35-38-41-44-47-50-56(59)62-53-54(63-57(60)51-48-45-42-39-36-32-24-21-18-15-12-9-6-3)52-61-55(58)49-46-43-40-37-34-31-23-20-17-14-11-8-5-2/h7,10,16,19,25-26,28-29,31-32,34,36,40,42-43,45,54H,4-6,8-9,11-15,17-18,20-24,27,30,33,35,37-39,41,44,46-53H2,1-3H3/b10-7+,19-16+,26-25+,29-28+,34-31+,36-32+,43-40+,45-42+. The third kappa shape index (κ3) is 49.2. The van der Waals surface area contributed by atoms with Gasteiger partial charge < -0.3 is 14.2 Å². The summed E-state index contributed by atoms with van der Waals surface area (Å²) in [5.74, 6) is -1.08. The van der Waals surface area contributed by atoms with Crippen LogP contribution in [0.15, 0.2) is 97.2 Å². The molecule has 0 spiro atoms. The van der Waals surface area contributed by atoms with E-state index >= 15 is 0 Å². The highest BCUT2D eigenvalue weighted by atomic mass is 16.6. The molecule has 1 atom stereocenters. The molecule has 63 heavy (non-hydrogen) atoms. The van der Waals surface area contributed by atoms with Gasteiger partial charge in [0.2, 0.25) is 0 Å². The highest BCUT2D eigenvalue weighted by Crippen LogP contribution is 2.12. The number of ether oxygens (including phenoxy) is 3. The van der Waals surface area contributed by atoms with E-state index < -0.39 is 12.1 Å². The van der Waals surface area contributed by atoms with Gasteiger partial charge in [0, 0.05) is 19.3 Å². The molecule has 0 amide bonds. The second-order valence-corrected chi connectivity index (χ2v) is 16.7. The van der Waals surface area contributed by atoms with Gasteiger partial charge >= 0.3 is 17.9 Å². The molecule has 0 rings (SSSR count). The number of esters is 3. The zero-order chi connectivity index (χ0) is 45.8. The maximum Gasteiger partial charge on any atom is 0.306 e. The van der Waals surface area contributed by atoms with Crippen molar-refractivity contribution in [3.05, 3.63) is 97.2 Å². The van der Waals surface area contributed by atoms with Crippen molar-refractivity contribution >= 4 is 17.9 Å². The number of carbonyl (C=O) groups is 3. The Labute approximate surface area is 387 Å². The summed E-state index contributed by atoms with van der Waals surface area (Å²) in [6, 6.07) is 0. The minimum Gasteiger partial charge on any atom is -0.462 e. The fourth-order valence-electron chi connectivity index (χ4n) is 6.71. The summed E-state index contributed by atoms with van der Waals surface area (Å²) in [6.45, 7) is 6.38. The molecular formula is C57H94O6. The summed E-state index contributed by atoms with van der Waals surface area (Å²) in [6.07, 6.45) is 67.0. The van der Waals surface area contributed by atoms with Crippen molar-refractivity contribution in [3.8, 4) is 0 Å². The maximum atomic E-state index is 12.7. The quantitative estimate of drug-likeness (QED) is 0.0262. The first-order chi connectivity index (χ1) is 31.0. The fourth-order valence-corrected chi connectivity index (χ4v) is 6.71. The van der Waals surface area contributed by atoms with Gasteiger partial charge in [-0.3, -0.25) is 14.4 Å². The fraction of sp³-hybridized carbons (Fsp3) is 0.667. The Morgan fingerprint density at radius 1 is 0.333 bits per heavy atom. The summed E-state index contributed by atoms with van der Waals surface area (Å²) in [7, 11) is 0. The lowest BCUT2D eigenvalue weighted by molar-refractivity contribution is -0.166. The van der Waals surface area contributed by atoms with Crippen LogP contribution in [0.5, 0.6) is 0 Å². The normalized spacial score (nSPS) is 12.9. The number of unbranched alkanes of at least 4 members (excludes halogenated alkanes) is 18. The monoisotopic (exact) mass is 875 g/mol. The molecule has 0 aromatic rings. The van der Waals surface area contributed by atoms with Crippen molar-refractivity contribution in [2.45, 2.75) is 232 Å². The Balaban J connectivity index is 4.51. The zero-order valence-corrected chi connectivity index (χ0v) is 40.8. The van der Waals surface area contributed by atoms with Crippen LogP contribution in [0.4, 0.5) is 0 Å². The van der Waals surface area contributed by atoms with Crippen molar-refractivity contribution in [2.24, 2.45) is 0 Å². The lowest BCUT2D eigenvalue weighted by atomic mass is 10.1. The van der Waals surface area contributed by atoms with Crippen molar-refractivity contribution in [3.63, 3.8) is 0 Å². The molecule has 0 fully saturated rings. The number of rotatable bonds is 45. The lowest BCUT2D eigenvalue weighted by Gasteiger charge is -2.18. The van der Waals surface area contributed by atoms with Crippen LogP contribution >= 0.6 is 0 Å². The van der Waals surface area contributed by atoms with Crippen molar-refractivity contribution in [1.82, 2.24) is 0 Å². The first-order valence-corrected chi connectivity index (χ1v) is 25.7. The van der Waals surface area contributed by atoms with Gasteiger partial charge in [-0.25, -0.2) is 0 Å². The van der Waals surface area contributed by atoms with Crippen LogP contribution in [0.2, 0.25) is 0 Å². The Morgan fingerprint density at radius 2 is 0.651 bits per heavy atom. The lowest BCUT2D eigenvalue weighted by Crippen LogP contribution is -2.30. The minimum atomic E-state index is -0.836. The summed E-state index contributed by atoms with van der Waals surface area (Å²) in [5, 5.41) is 0. The van der Waals surface area contributed by atoms with Crippen LogP contribution in [-0.4, -0.2) is 37.2 Å². The Hall–Kier alpha value is -3.67. The number of allylic oxidation sites excluding steroid dienone is 16. The molecule has 0 aromatic carbocycles. The van der Waals surface area contributed by atoms with E-state index in [4.69, 9.17) is 14.2 Å². The Kier molecular flexibility index (Phi) is 48.0. The van der Waals surface area contributed by atoms with Crippen LogP contribution in [0.1, 0.15) is 226 Å². The molecule has 0 aliphatic carbocycles. The topological polar surface area (TPSA) is 78.9 Å². The molecule has 6 heteroatoms. The van der Waals surface area contributed by atoms with E-state index in [2.05, 4.69) is 106 Å². The average Bonchev–Trinajstić information content (AvgIpc) is 3.28. The van der Waals surface area contributed by atoms with Gasteiger partial charge in [-0.2, -0.15) is 0 Å². The van der Waals surface area contributed by atoms with Gasteiger partial charge in [0.05, 0.1) is 0 Å². The van der Waals surface area contributed by atoms with Gasteiger partial charge in [0.15, 0.2) is 6.10 Å². The molecule has 0 heterocycles. The summed E-state index contributed by atoms with van der Waals surface area (Å²) in [4.78, 5) is 37.9. The summed E-state index contributed by atoms with van der Waals surface area (Å²) < 4.78 is 16.6. The summed E-state index contributed by atoms with van der Waals surface area (Å²) in [5.41, 5.74) is 0. The predicted molar refractivity (Wildman–Crippen MR) is 270 cm³/mol. The molecule has 0 radical (unpaired) electrons. The van der Waals surface area contributed by atoms with Crippen molar-refractivity contribution < 1.29 is 28.6 Å². The zero-order valence-electron chi connectivity index (χ0n) is 40.8. The van der Waals surface area contributed by atoms with E-state index in [1.54, 1.807) is 0 Å². The van der Waals surface area contributed by atoms with Crippen LogP contribution in [-0.2, 0) is 28.6 Å². The van der Waals surface area contributed by atoms with E-state index in [1.807, 2.05) is 12.2 Å². The number of hydrogen-bond donors (Lipinski definition) is 0. The molecule has 0 saturated carbocycles. The van der Waals surface area contributed by atoms with E-state index in [-0.39, 0.29) is 38.0 Å². The van der Waals surface area contributed by atoms with E-state index in [0.717, 1.165) is 83.5 Å². The van der Waals surface area contributed by atoms with Crippen LogP contribution in [0.3, 0.4) is 0 Å². The number of carbonyl (C=O) groups excluding carboxylic acids is 3. The molecule has 0 bridgehead atoms. The van der Waals surface area contributed by atoms with Crippen molar-refractivity contribution in [1.29, 1.82) is 0 Å². The van der Waals surface area contributed by atoms with Gasteiger partial charge in [-0.05, 0) is 96.3 Å². The van der Waals surface area contributed by atoms with Gasteiger partial charge in [0.25, 0.3) is 0 Å². The first-order valence-electron chi connectivity index (χ1n) is 25.7. The minimum absolute atomic E-state index is 0.126. The SMILES string of the molecule is CC/C=C/C/C=C/C/C=C/C/C=C/CCCCCCCCC(=O)OCC(COC(=O)CC/C=C/C/C=C/CCCCCCCC)OC(=O)CC/C=C/C/C=C/CCCCCCCC. The van der Waals surface area contributed by atoms with Gasteiger partial charge in [-0.1, -0.05) is 208 Å².